The second-order valence-electron chi connectivity index (χ2n) is 3.90. The van der Waals surface area contributed by atoms with E-state index in [1.165, 1.54) is 11.3 Å². The number of rotatable bonds is 7. The van der Waals surface area contributed by atoms with Crippen molar-refractivity contribution < 1.29 is 18.8 Å². The van der Waals surface area contributed by atoms with Crippen molar-refractivity contribution in [3.8, 4) is 11.5 Å². The number of hydrogen-bond acceptors (Lipinski definition) is 7. The normalized spacial score (nSPS) is 12.1. The lowest BCUT2D eigenvalue weighted by molar-refractivity contribution is -0.156. The summed E-state index contributed by atoms with van der Waals surface area (Å²) in [6, 6.07) is 1.87. The van der Waals surface area contributed by atoms with Crippen LogP contribution in [0.2, 0.25) is 0 Å². The van der Waals surface area contributed by atoms with Crippen LogP contribution in [0, 0.1) is 0 Å². The zero-order valence-corrected chi connectivity index (χ0v) is 11.8. The molecule has 0 saturated heterocycles. The van der Waals surface area contributed by atoms with Crippen LogP contribution >= 0.6 is 11.3 Å². The molecule has 20 heavy (non-hydrogen) atoms. The predicted octanol–water partition coefficient (Wildman–Crippen LogP) is 2.43. The molecular weight excluding hydrogens is 280 g/mol. The SMILES string of the molecule is C=CCOC(C)C(=O)OCc1noc(-c2ccsc2)n1. The van der Waals surface area contributed by atoms with Gasteiger partial charge in [-0.15, -0.1) is 6.58 Å². The minimum absolute atomic E-state index is 0.0474. The number of esters is 1. The van der Waals surface area contributed by atoms with Crippen LogP contribution in [0.15, 0.2) is 34.0 Å². The standard InChI is InChI=1S/C13H14N2O4S/c1-3-5-17-9(2)13(16)18-7-11-14-12(19-15-11)10-4-6-20-8-10/h3-4,6,8-9H,1,5,7H2,2H3. The molecule has 7 heteroatoms. The first-order valence-electron chi connectivity index (χ1n) is 5.95. The fourth-order valence-corrected chi connectivity index (χ4v) is 1.98. The number of aromatic nitrogens is 2. The summed E-state index contributed by atoms with van der Waals surface area (Å²) in [7, 11) is 0. The predicted molar refractivity (Wildman–Crippen MR) is 73.0 cm³/mol. The van der Waals surface area contributed by atoms with Crippen molar-refractivity contribution in [2.75, 3.05) is 6.61 Å². The molecule has 0 aliphatic carbocycles. The Kier molecular flexibility index (Phi) is 5.03. The van der Waals surface area contributed by atoms with E-state index in [1.54, 1.807) is 13.0 Å². The Morgan fingerprint density at radius 3 is 3.20 bits per heavy atom. The van der Waals surface area contributed by atoms with Crippen molar-refractivity contribution >= 4 is 17.3 Å². The van der Waals surface area contributed by atoms with Crippen LogP contribution in [0.25, 0.3) is 11.5 Å². The van der Waals surface area contributed by atoms with Gasteiger partial charge in [0, 0.05) is 5.38 Å². The molecule has 0 radical (unpaired) electrons. The molecule has 2 heterocycles. The molecule has 0 fully saturated rings. The van der Waals surface area contributed by atoms with E-state index in [2.05, 4.69) is 16.7 Å². The smallest absolute Gasteiger partial charge is 0.335 e. The van der Waals surface area contributed by atoms with Crippen LogP contribution in [0.4, 0.5) is 0 Å². The van der Waals surface area contributed by atoms with Crippen molar-refractivity contribution in [2.24, 2.45) is 0 Å². The number of nitrogens with zero attached hydrogens (tertiary/aromatic N) is 2. The van der Waals surface area contributed by atoms with E-state index in [4.69, 9.17) is 14.0 Å². The molecule has 2 rings (SSSR count). The highest BCUT2D eigenvalue weighted by Gasteiger charge is 2.16. The van der Waals surface area contributed by atoms with Gasteiger partial charge in [-0.3, -0.25) is 0 Å². The summed E-state index contributed by atoms with van der Waals surface area (Å²) in [5.41, 5.74) is 0.850. The average Bonchev–Trinajstić information content (AvgIpc) is 3.12. The molecule has 6 nitrogen and oxygen atoms in total. The van der Waals surface area contributed by atoms with Crippen LogP contribution in [0.1, 0.15) is 12.7 Å². The topological polar surface area (TPSA) is 74.5 Å². The van der Waals surface area contributed by atoms with Gasteiger partial charge in [-0.2, -0.15) is 16.3 Å². The van der Waals surface area contributed by atoms with Crippen molar-refractivity contribution in [2.45, 2.75) is 19.6 Å². The van der Waals surface area contributed by atoms with Gasteiger partial charge in [-0.25, -0.2) is 4.79 Å². The number of ether oxygens (including phenoxy) is 2. The Morgan fingerprint density at radius 1 is 1.65 bits per heavy atom. The van der Waals surface area contributed by atoms with Crippen LogP contribution < -0.4 is 0 Å². The Hall–Kier alpha value is -1.99. The van der Waals surface area contributed by atoms with E-state index in [0.717, 1.165) is 5.56 Å². The van der Waals surface area contributed by atoms with Crippen LogP contribution in [-0.4, -0.2) is 28.8 Å². The fourth-order valence-electron chi connectivity index (χ4n) is 1.35. The van der Waals surface area contributed by atoms with Gasteiger partial charge in [-0.05, 0) is 18.4 Å². The van der Waals surface area contributed by atoms with E-state index in [9.17, 15) is 4.79 Å². The Morgan fingerprint density at radius 2 is 2.50 bits per heavy atom. The van der Waals surface area contributed by atoms with Crippen LogP contribution in [0.5, 0.6) is 0 Å². The van der Waals surface area contributed by atoms with E-state index in [-0.39, 0.29) is 6.61 Å². The van der Waals surface area contributed by atoms with Crippen molar-refractivity contribution in [3.63, 3.8) is 0 Å². The molecule has 2 aromatic heterocycles. The first kappa shape index (κ1) is 14.4. The monoisotopic (exact) mass is 294 g/mol. The van der Waals surface area contributed by atoms with E-state index >= 15 is 0 Å². The second kappa shape index (κ2) is 6.97. The molecule has 2 aromatic rings. The lowest BCUT2D eigenvalue weighted by atomic mass is 10.3. The van der Waals surface area contributed by atoms with E-state index in [1.807, 2.05) is 16.8 Å². The second-order valence-corrected chi connectivity index (χ2v) is 4.68. The molecule has 1 unspecified atom stereocenters. The summed E-state index contributed by atoms with van der Waals surface area (Å²) >= 11 is 1.54. The fraction of sp³-hybridized carbons (Fsp3) is 0.308. The molecule has 0 aliphatic rings. The summed E-state index contributed by atoms with van der Waals surface area (Å²) < 4.78 is 15.3. The summed E-state index contributed by atoms with van der Waals surface area (Å²) in [6.07, 6.45) is 0.909. The number of thiophene rings is 1. The van der Waals surface area contributed by atoms with E-state index in [0.29, 0.717) is 18.3 Å². The highest BCUT2D eigenvalue weighted by Crippen LogP contribution is 2.19. The quantitative estimate of drug-likeness (QED) is 0.576. The molecule has 106 valence electrons. The zero-order chi connectivity index (χ0) is 14.4. The lowest BCUT2D eigenvalue weighted by Crippen LogP contribution is -2.23. The van der Waals surface area contributed by atoms with Gasteiger partial charge in [0.1, 0.15) is 0 Å². The molecule has 0 N–H and O–H groups in total. The summed E-state index contributed by atoms with van der Waals surface area (Å²) in [4.78, 5) is 15.7. The highest BCUT2D eigenvalue weighted by atomic mass is 32.1. The first-order valence-corrected chi connectivity index (χ1v) is 6.89. The Bertz CT molecular complexity index is 565. The van der Waals surface area contributed by atoms with Crippen LogP contribution in [0.3, 0.4) is 0 Å². The third-order valence-corrected chi connectivity index (χ3v) is 3.06. The van der Waals surface area contributed by atoms with Gasteiger partial charge in [-0.1, -0.05) is 11.2 Å². The summed E-state index contributed by atoms with van der Waals surface area (Å²) in [5, 5.41) is 7.56. The van der Waals surface area contributed by atoms with Gasteiger partial charge in [0.05, 0.1) is 12.2 Å². The van der Waals surface area contributed by atoms with Gasteiger partial charge < -0.3 is 14.0 Å². The number of carbonyl (C=O) groups is 1. The molecule has 0 aromatic carbocycles. The third kappa shape index (κ3) is 3.75. The molecule has 0 saturated carbocycles. The number of carbonyl (C=O) groups excluding carboxylic acids is 1. The van der Waals surface area contributed by atoms with Crippen molar-refractivity contribution in [3.05, 3.63) is 35.3 Å². The largest absolute Gasteiger partial charge is 0.455 e. The lowest BCUT2D eigenvalue weighted by Gasteiger charge is -2.09. The molecule has 1 atom stereocenters. The van der Waals surface area contributed by atoms with Gasteiger partial charge in [0.25, 0.3) is 5.89 Å². The minimum atomic E-state index is -0.656. The maximum atomic E-state index is 11.6. The van der Waals surface area contributed by atoms with Gasteiger partial charge in [0.2, 0.25) is 5.82 Å². The molecule has 0 amide bonds. The first-order chi connectivity index (χ1) is 9.70. The summed E-state index contributed by atoms with van der Waals surface area (Å²) in [6.45, 7) is 5.36. The average molecular weight is 294 g/mol. The van der Waals surface area contributed by atoms with Crippen molar-refractivity contribution in [1.82, 2.24) is 10.1 Å². The Labute approximate surface area is 120 Å². The minimum Gasteiger partial charge on any atom is -0.455 e. The molecule has 0 aliphatic heterocycles. The highest BCUT2D eigenvalue weighted by molar-refractivity contribution is 7.08. The Balaban J connectivity index is 1.85. The van der Waals surface area contributed by atoms with E-state index < -0.39 is 12.1 Å². The number of hydrogen-bond donors (Lipinski definition) is 0. The summed E-state index contributed by atoms with van der Waals surface area (Å²) in [5.74, 6) is 0.248. The third-order valence-electron chi connectivity index (χ3n) is 2.38. The molecular formula is C13H14N2O4S. The van der Waals surface area contributed by atoms with Gasteiger partial charge >= 0.3 is 5.97 Å². The van der Waals surface area contributed by atoms with Crippen LogP contribution in [-0.2, 0) is 20.9 Å². The maximum absolute atomic E-state index is 11.6. The maximum Gasteiger partial charge on any atom is 0.335 e. The van der Waals surface area contributed by atoms with Gasteiger partial charge in [0.15, 0.2) is 12.7 Å². The molecule has 0 bridgehead atoms. The zero-order valence-electron chi connectivity index (χ0n) is 10.9. The van der Waals surface area contributed by atoms with Crippen molar-refractivity contribution in [1.29, 1.82) is 0 Å². The molecule has 0 spiro atoms.